The summed E-state index contributed by atoms with van der Waals surface area (Å²) in [5, 5.41) is 11.7. The van der Waals surface area contributed by atoms with Crippen LogP contribution in [0.3, 0.4) is 0 Å². The van der Waals surface area contributed by atoms with E-state index in [9.17, 15) is 5.26 Å². The van der Waals surface area contributed by atoms with Gasteiger partial charge in [-0.05, 0) is 30.7 Å². The number of rotatable bonds is 1. The first-order valence-electron chi connectivity index (χ1n) is 5.61. The normalized spacial score (nSPS) is 17.7. The third kappa shape index (κ3) is 1.15. The van der Waals surface area contributed by atoms with Crippen LogP contribution in [-0.2, 0) is 5.41 Å². The SMILES string of the molecule is N#CC1(c2nccc3ccccc23)CCC1. The van der Waals surface area contributed by atoms with Gasteiger partial charge in [0.1, 0.15) is 0 Å². The lowest BCUT2D eigenvalue weighted by molar-refractivity contribution is 0.319. The van der Waals surface area contributed by atoms with Crippen molar-refractivity contribution in [3.8, 4) is 6.07 Å². The molecule has 0 aliphatic heterocycles. The number of aromatic nitrogens is 1. The number of benzene rings is 1. The number of fused-ring (bicyclic) bond motifs is 1. The molecule has 0 amide bonds. The largest absolute Gasteiger partial charge is 0.259 e. The summed E-state index contributed by atoms with van der Waals surface area (Å²) in [6, 6.07) is 12.6. The van der Waals surface area contributed by atoms with Crippen molar-refractivity contribution in [1.29, 1.82) is 5.26 Å². The third-order valence-corrected chi connectivity index (χ3v) is 3.55. The molecule has 0 bridgehead atoms. The molecule has 1 fully saturated rings. The summed E-state index contributed by atoms with van der Waals surface area (Å²) >= 11 is 0. The number of pyridine rings is 1. The molecule has 0 atom stereocenters. The molecule has 1 aromatic heterocycles. The lowest BCUT2D eigenvalue weighted by Gasteiger charge is -2.35. The number of nitrogens with zero attached hydrogens (tertiary/aromatic N) is 2. The molecule has 2 nitrogen and oxygen atoms in total. The van der Waals surface area contributed by atoms with Crippen molar-refractivity contribution in [3.05, 3.63) is 42.2 Å². The highest BCUT2D eigenvalue weighted by Gasteiger charge is 2.41. The fourth-order valence-corrected chi connectivity index (χ4v) is 2.43. The van der Waals surface area contributed by atoms with Crippen LogP contribution in [0.25, 0.3) is 10.8 Å². The summed E-state index contributed by atoms with van der Waals surface area (Å²) in [5.74, 6) is 0. The van der Waals surface area contributed by atoms with Crippen LogP contribution in [0, 0.1) is 11.3 Å². The van der Waals surface area contributed by atoms with Crippen LogP contribution < -0.4 is 0 Å². The molecule has 2 aromatic rings. The monoisotopic (exact) mass is 208 g/mol. The van der Waals surface area contributed by atoms with Gasteiger partial charge in [-0.3, -0.25) is 4.98 Å². The van der Waals surface area contributed by atoms with Crippen molar-refractivity contribution >= 4 is 10.8 Å². The zero-order chi connectivity index (χ0) is 11.0. The summed E-state index contributed by atoms with van der Waals surface area (Å²) in [6.07, 6.45) is 4.85. The fraction of sp³-hybridized carbons (Fsp3) is 0.286. The molecule has 1 heterocycles. The minimum absolute atomic E-state index is 0.319. The van der Waals surface area contributed by atoms with Gasteiger partial charge in [0, 0.05) is 11.6 Å². The second-order valence-electron chi connectivity index (χ2n) is 4.43. The quantitative estimate of drug-likeness (QED) is 0.721. The molecule has 0 saturated heterocycles. The highest BCUT2D eigenvalue weighted by Crippen LogP contribution is 2.44. The van der Waals surface area contributed by atoms with Crippen LogP contribution in [0.5, 0.6) is 0 Å². The Labute approximate surface area is 94.5 Å². The average Bonchev–Trinajstić information content (AvgIpc) is 2.29. The maximum Gasteiger partial charge on any atom is 0.0999 e. The van der Waals surface area contributed by atoms with Crippen molar-refractivity contribution in [1.82, 2.24) is 4.98 Å². The Morgan fingerprint density at radius 2 is 2.00 bits per heavy atom. The summed E-state index contributed by atoms with van der Waals surface area (Å²) in [5.41, 5.74) is 0.653. The molecule has 16 heavy (non-hydrogen) atoms. The first-order chi connectivity index (χ1) is 7.86. The molecule has 0 N–H and O–H groups in total. The molecule has 78 valence electrons. The van der Waals surface area contributed by atoms with Crippen LogP contribution in [0.15, 0.2) is 36.5 Å². The molecule has 1 aliphatic rings. The van der Waals surface area contributed by atoms with E-state index < -0.39 is 0 Å². The molecule has 2 heteroatoms. The predicted octanol–water partition coefficient (Wildman–Crippen LogP) is 3.18. The maximum atomic E-state index is 9.36. The standard InChI is InChI=1S/C14H12N2/c15-10-14(7-3-8-14)13-12-5-2-1-4-11(12)6-9-16-13/h1-2,4-6,9H,3,7-8H2. The second-order valence-corrected chi connectivity index (χ2v) is 4.43. The Hall–Kier alpha value is -1.88. The Morgan fingerprint density at radius 3 is 2.69 bits per heavy atom. The van der Waals surface area contributed by atoms with Gasteiger partial charge < -0.3 is 0 Å². The molecule has 1 saturated carbocycles. The van der Waals surface area contributed by atoms with Crippen molar-refractivity contribution in [2.45, 2.75) is 24.7 Å². The van der Waals surface area contributed by atoms with E-state index in [-0.39, 0.29) is 5.41 Å². The van der Waals surface area contributed by atoms with Crippen LogP contribution in [0.4, 0.5) is 0 Å². The van der Waals surface area contributed by atoms with Crippen molar-refractivity contribution < 1.29 is 0 Å². The van der Waals surface area contributed by atoms with Gasteiger partial charge in [-0.25, -0.2) is 0 Å². The first kappa shape index (κ1) is 9.35. The van der Waals surface area contributed by atoms with E-state index >= 15 is 0 Å². The summed E-state index contributed by atoms with van der Waals surface area (Å²) < 4.78 is 0. The smallest absolute Gasteiger partial charge is 0.0999 e. The molecular weight excluding hydrogens is 196 g/mol. The van der Waals surface area contributed by atoms with Crippen molar-refractivity contribution in [2.75, 3.05) is 0 Å². The average molecular weight is 208 g/mol. The molecule has 0 radical (unpaired) electrons. The highest BCUT2D eigenvalue weighted by atomic mass is 14.7. The lowest BCUT2D eigenvalue weighted by atomic mass is 9.66. The topological polar surface area (TPSA) is 36.7 Å². The molecule has 0 spiro atoms. The van der Waals surface area contributed by atoms with Crippen LogP contribution in [-0.4, -0.2) is 4.98 Å². The third-order valence-electron chi connectivity index (χ3n) is 3.55. The van der Waals surface area contributed by atoms with Gasteiger partial charge in [0.05, 0.1) is 17.2 Å². The second kappa shape index (κ2) is 3.31. The lowest BCUT2D eigenvalue weighted by Crippen LogP contribution is -2.33. The molecule has 3 rings (SSSR count). The Morgan fingerprint density at radius 1 is 1.19 bits per heavy atom. The Balaban J connectivity index is 2.28. The Bertz CT molecular complexity index is 571. The minimum Gasteiger partial charge on any atom is -0.259 e. The number of hydrogen-bond donors (Lipinski definition) is 0. The number of nitriles is 1. The van der Waals surface area contributed by atoms with E-state index in [4.69, 9.17) is 0 Å². The Kier molecular flexibility index (Phi) is 1.94. The molecule has 0 unspecified atom stereocenters. The van der Waals surface area contributed by atoms with Gasteiger partial charge in [0.2, 0.25) is 0 Å². The van der Waals surface area contributed by atoms with E-state index in [1.54, 1.807) is 0 Å². The van der Waals surface area contributed by atoms with Crippen LogP contribution >= 0.6 is 0 Å². The van der Waals surface area contributed by atoms with Gasteiger partial charge in [0.25, 0.3) is 0 Å². The summed E-state index contributed by atoms with van der Waals surface area (Å²) in [6.45, 7) is 0. The van der Waals surface area contributed by atoms with E-state index in [1.165, 1.54) is 5.39 Å². The van der Waals surface area contributed by atoms with Crippen molar-refractivity contribution in [2.24, 2.45) is 0 Å². The zero-order valence-electron chi connectivity index (χ0n) is 8.98. The summed E-state index contributed by atoms with van der Waals surface area (Å²) in [4.78, 5) is 4.45. The van der Waals surface area contributed by atoms with E-state index in [1.807, 2.05) is 24.4 Å². The molecule has 1 aromatic carbocycles. The van der Waals surface area contributed by atoms with Crippen LogP contribution in [0.1, 0.15) is 25.0 Å². The zero-order valence-corrected chi connectivity index (χ0v) is 8.98. The van der Waals surface area contributed by atoms with Crippen molar-refractivity contribution in [3.63, 3.8) is 0 Å². The van der Waals surface area contributed by atoms with E-state index in [2.05, 4.69) is 23.2 Å². The predicted molar refractivity (Wildman–Crippen MR) is 62.9 cm³/mol. The fourth-order valence-electron chi connectivity index (χ4n) is 2.43. The highest BCUT2D eigenvalue weighted by molar-refractivity contribution is 5.85. The van der Waals surface area contributed by atoms with E-state index in [0.717, 1.165) is 30.3 Å². The van der Waals surface area contributed by atoms with Gasteiger partial charge in [-0.2, -0.15) is 5.26 Å². The van der Waals surface area contributed by atoms with E-state index in [0.29, 0.717) is 0 Å². The van der Waals surface area contributed by atoms with Crippen LogP contribution in [0.2, 0.25) is 0 Å². The maximum absolute atomic E-state index is 9.36. The van der Waals surface area contributed by atoms with Gasteiger partial charge in [0.15, 0.2) is 0 Å². The minimum atomic E-state index is -0.319. The van der Waals surface area contributed by atoms with Gasteiger partial charge in [-0.15, -0.1) is 0 Å². The summed E-state index contributed by atoms with van der Waals surface area (Å²) in [7, 11) is 0. The molecular formula is C14H12N2. The number of hydrogen-bond acceptors (Lipinski definition) is 2. The van der Waals surface area contributed by atoms with Gasteiger partial charge in [-0.1, -0.05) is 24.3 Å². The van der Waals surface area contributed by atoms with Gasteiger partial charge >= 0.3 is 0 Å². The molecule has 1 aliphatic carbocycles. The first-order valence-corrected chi connectivity index (χ1v) is 5.61.